The lowest BCUT2D eigenvalue weighted by Crippen LogP contribution is -2.32. The van der Waals surface area contributed by atoms with Crippen LogP contribution in [0.5, 0.6) is 5.75 Å². The fourth-order valence-electron chi connectivity index (χ4n) is 3.95. The maximum absolute atomic E-state index is 13.6. The molecule has 0 bridgehead atoms. The Bertz CT molecular complexity index is 1150. The number of hydrogen-bond donors (Lipinski definition) is 0. The lowest BCUT2D eigenvalue weighted by molar-refractivity contribution is -0.136. The van der Waals surface area contributed by atoms with E-state index in [-0.39, 0.29) is 22.1 Å². The summed E-state index contributed by atoms with van der Waals surface area (Å²) in [7, 11) is 2.78. The number of anilines is 1. The van der Waals surface area contributed by atoms with Gasteiger partial charge in [-0.25, -0.2) is 9.69 Å². The predicted molar refractivity (Wildman–Crippen MR) is 127 cm³/mol. The van der Waals surface area contributed by atoms with E-state index < -0.39 is 23.7 Å². The van der Waals surface area contributed by atoms with Gasteiger partial charge in [-0.1, -0.05) is 51.6 Å². The Morgan fingerprint density at radius 3 is 2.18 bits per heavy atom. The Morgan fingerprint density at radius 1 is 1.00 bits per heavy atom. The molecule has 172 valence electrons. The van der Waals surface area contributed by atoms with Crippen molar-refractivity contribution < 1.29 is 23.9 Å². The van der Waals surface area contributed by atoms with Gasteiger partial charge in [0.05, 0.1) is 19.9 Å². The van der Waals surface area contributed by atoms with Crippen molar-refractivity contribution in [3.8, 4) is 5.75 Å². The number of carbonyl (C=O) groups is 3. The van der Waals surface area contributed by atoms with Crippen LogP contribution in [0, 0.1) is 0 Å². The molecule has 0 fully saturated rings. The number of ether oxygens (including phenoxy) is 2. The first kappa shape index (κ1) is 24.0. The van der Waals surface area contributed by atoms with Crippen LogP contribution in [0.1, 0.15) is 44.7 Å². The third kappa shape index (κ3) is 4.46. The molecular weight excluding hydrogens is 418 g/mol. The Hall–Kier alpha value is -3.67. The van der Waals surface area contributed by atoms with Gasteiger partial charge in [0.15, 0.2) is 0 Å². The number of rotatable bonds is 6. The highest BCUT2D eigenvalue weighted by Gasteiger charge is 2.43. The molecule has 3 rings (SSSR count). The Morgan fingerprint density at radius 2 is 1.64 bits per heavy atom. The van der Waals surface area contributed by atoms with Crippen molar-refractivity contribution in [2.24, 2.45) is 0 Å². The molecule has 2 aromatic rings. The van der Waals surface area contributed by atoms with Crippen LogP contribution in [0.25, 0.3) is 0 Å². The molecule has 2 amide bonds. The van der Waals surface area contributed by atoms with Crippen molar-refractivity contribution in [2.45, 2.75) is 39.0 Å². The topological polar surface area (TPSA) is 72.9 Å². The predicted octanol–water partition coefficient (Wildman–Crippen LogP) is 4.70. The molecule has 1 heterocycles. The van der Waals surface area contributed by atoms with E-state index >= 15 is 0 Å². The Labute approximate surface area is 194 Å². The lowest BCUT2D eigenvalue weighted by Gasteiger charge is -2.23. The van der Waals surface area contributed by atoms with Gasteiger partial charge in [0.2, 0.25) is 0 Å². The summed E-state index contributed by atoms with van der Waals surface area (Å²) < 4.78 is 10.2. The second kappa shape index (κ2) is 9.06. The second-order valence-electron chi connectivity index (χ2n) is 9.01. The van der Waals surface area contributed by atoms with Crippen LogP contribution in [0.2, 0.25) is 0 Å². The van der Waals surface area contributed by atoms with Crippen LogP contribution >= 0.6 is 0 Å². The maximum atomic E-state index is 13.6. The molecule has 33 heavy (non-hydrogen) atoms. The molecule has 0 saturated carbocycles. The highest BCUT2D eigenvalue weighted by molar-refractivity contribution is 6.33. The zero-order chi connectivity index (χ0) is 24.5. The molecule has 0 N–H and O–H groups in total. The van der Waals surface area contributed by atoms with Gasteiger partial charge >= 0.3 is 5.97 Å². The van der Waals surface area contributed by atoms with Gasteiger partial charge in [-0.2, -0.15) is 0 Å². The average molecular weight is 448 g/mol. The van der Waals surface area contributed by atoms with E-state index in [4.69, 9.17) is 9.47 Å². The van der Waals surface area contributed by atoms with E-state index in [0.29, 0.717) is 17.0 Å². The van der Waals surface area contributed by atoms with Crippen molar-refractivity contribution in [1.82, 2.24) is 0 Å². The molecule has 1 aliphatic rings. The minimum absolute atomic E-state index is 0.0613. The van der Waals surface area contributed by atoms with Gasteiger partial charge in [-0.3, -0.25) is 9.59 Å². The number of methoxy groups -OCH3 is 2. The standard InChI is InChI=1S/C27H29NO5/c1-16-23(22(17(2)26(31)33-7)18-9-8-10-21(15-18)32-6)25(30)28(24(16)29)20-13-11-19(12-14-20)27(3,4)5/h8-15,22H,2H2,1,3-7H3/t22-/m0/s1. The quantitative estimate of drug-likeness (QED) is 0.365. The molecule has 0 spiro atoms. The Kier molecular flexibility index (Phi) is 6.58. The van der Waals surface area contributed by atoms with Crippen molar-refractivity contribution in [3.63, 3.8) is 0 Å². The minimum Gasteiger partial charge on any atom is -0.497 e. The number of carbonyl (C=O) groups excluding carboxylic acids is 3. The molecule has 0 aromatic heterocycles. The third-order valence-electron chi connectivity index (χ3n) is 5.86. The molecule has 0 saturated heterocycles. The van der Waals surface area contributed by atoms with Gasteiger partial charge in [-0.05, 0) is 47.7 Å². The van der Waals surface area contributed by atoms with E-state index in [9.17, 15) is 14.4 Å². The van der Waals surface area contributed by atoms with Crippen molar-refractivity contribution in [1.29, 1.82) is 0 Å². The molecule has 1 aliphatic heterocycles. The van der Waals surface area contributed by atoms with Crippen LogP contribution in [-0.4, -0.2) is 32.0 Å². The lowest BCUT2D eigenvalue weighted by atomic mass is 9.83. The number of esters is 1. The second-order valence-corrected chi connectivity index (χ2v) is 9.01. The highest BCUT2D eigenvalue weighted by atomic mass is 16.5. The molecule has 6 nitrogen and oxygen atoms in total. The Balaban J connectivity index is 2.09. The first-order valence-electron chi connectivity index (χ1n) is 10.6. The third-order valence-corrected chi connectivity index (χ3v) is 5.86. The smallest absolute Gasteiger partial charge is 0.334 e. The molecule has 0 aliphatic carbocycles. The van der Waals surface area contributed by atoms with Crippen LogP contribution in [0.4, 0.5) is 5.69 Å². The van der Waals surface area contributed by atoms with Crippen LogP contribution in [0.15, 0.2) is 71.8 Å². The summed E-state index contributed by atoms with van der Waals surface area (Å²) in [6.07, 6.45) is 0. The molecule has 0 radical (unpaired) electrons. The van der Waals surface area contributed by atoms with Gasteiger partial charge in [0.25, 0.3) is 11.8 Å². The van der Waals surface area contributed by atoms with Crippen LogP contribution in [-0.2, 0) is 24.5 Å². The summed E-state index contributed by atoms with van der Waals surface area (Å²) in [4.78, 5) is 40.4. The van der Waals surface area contributed by atoms with E-state index in [1.165, 1.54) is 14.2 Å². The molecule has 0 unspecified atom stereocenters. The van der Waals surface area contributed by atoms with Crippen LogP contribution in [0.3, 0.4) is 0 Å². The average Bonchev–Trinajstić information content (AvgIpc) is 3.01. The van der Waals surface area contributed by atoms with E-state index in [0.717, 1.165) is 10.5 Å². The van der Waals surface area contributed by atoms with Crippen molar-refractivity contribution in [2.75, 3.05) is 19.1 Å². The van der Waals surface area contributed by atoms with E-state index in [1.54, 1.807) is 43.3 Å². The van der Waals surface area contributed by atoms with Gasteiger partial charge in [-0.15, -0.1) is 0 Å². The van der Waals surface area contributed by atoms with Crippen LogP contribution < -0.4 is 9.64 Å². The molecule has 1 atom stereocenters. The highest BCUT2D eigenvalue weighted by Crippen LogP contribution is 2.40. The number of imide groups is 1. The number of hydrogen-bond acceptors (Lipinski definition) is 5. The molecular formula is C27H29NO5. The first-order valence-corrected chi connectivity index (χ1v) is 10.6. The summed E-state index contributed by atoms with van der Waals surface area (Å²) in [5.41, 5.74) is 2.62. The monoisotopic (exact) mass is 447 g/mol. The van der Waals surface area contributed by atoms with Gasteiger partial charge in [0, 0.05) is 22.6 Å². The van der Waals surface area contributed by atoms with E-state index in [1.807, 2.05) is 12.1 Å². The number of amides is 2. The fraction of sp³-hybridized carbons (Fsp3) is 0.296. The minimum atomic E-state index is -0.858. The number of nitrogens with zero attached hydrogens (tertiary/aromatic N) is 1. The van der Waals surface area contributed by atoms with Crippen molar-refractivity contribution in [3.05, 3.63) is 83.0 Å². The maximum Gasteiger partial charge on any atom is 0.334 e. The first-order chi connectivity index (χ1) is 15.5. The summed E-state index contributed by atoms with van der Waals surface area (Å²) in [6.45, 7) is 11.8. The molecule has 6 heteroatoms. The zero-order valence-electron chi connectivity index (χ0n) is 19.9. The summed E-state index contributed by atoms with van der Waals surface area (Å²) in [6, 6.07) is 14.4. The van der Waals surface area contributed by atoms with Gasteiger partial charge < -0.3 is 9.47 Å². The van der Waals surface area contributed by atoms with Crippen molar-refractivity contribution >= 4 is 23.5 Å². The van der Waals surface area contributed by atoms with Gasteiger partial charge in [0.1, 0.15) is 5.75 Å². The summed E-state index contributed by atoms with van der Waals surface area (Å²) in [5, 5.41) is 0. The van der Waals surface area contributed by atoms with E-state index in [2.05, 4.69) is 27.4 Å². The SMILES string of the molecule is C=C(C(=O)OC)[C@H](C1=C(C)C(=O)N(c2ccc(C(C)(C)C)cc2)C1=O)c1cccc(OC)c1. The summed E-state index contributed by atoms with van der Waals surface area (Å²) >= 11 is 0. The largest absolute Gasteiger partial charge is 0.497 e. The molecule has 2 aromatic carbocycles. The zero-order valence-corrected chi connectivity index (χ0v) is 19.9. The normalized spacial score (nSPS) is 15.0. The number of benzene rings is 2. The fourth-order valence-corrected chi connectivity index (χ4v) is 3.95. The summed E-state index contributed by atoms with van der Waals surface area (Å²) in [5.74, 6) is -1.87.